The molecule has 0 N–H and O–H groups in total. The van der Waals surface area contributed by atoms with Gasteiger partial charge in [-0.15, -0.1) is 0 Å². The molecule has 2 amide bonds. The second-order valence-electron chi connectivity index (χ2n) is 11.4. The lowest BCUT2D eigenvalue weighted by atomic mass is 9.85. The third-order valence-corrected chi connectivity index (χ3v) is 9.85. The van der Waals surface area contributed by atoms with Crippen LogP contribution >= 0.6 is 11.6 Å². The SMILES string of the molecule is CC(C)C(=O)N([C@H]1CCN(C(=O)[C@@H]2CN(S(C)(=O)=O)C[C@H]2c2ccc(Cl)cc2)C1)[C@H]1CC[C@@H](C)CC1. The van der Waals surface area contributed by atoms with Crippen LogP contribution < -0.4 is 0 Å². The van der Waals surface area contributed by atoms with Crippen LogP contribution in [0.2, 0.25) is 5.02 Å². The molecule has 0 aromatic heterocycles. The molecule has 7 nitrogen and oxygen atoms in total. The molecule has 3 atom stereocenters. The predicted molar refractivity (Wildman–Crippen MR) is 142 cm³/mol. The second kappa shape index (κ2) is 11.0. The van der Waals surface area contributed by atoms with Crippen LogP contribution in [-0.2, 0) is 19.6 Å². The molecule has 1 aromatic carbocycles. The van der Waals surface area contributed by atoms with E-state index in [-0.39, 0.29) is 48.8 Å². The fourth-order valence-electron chi connectivity index (χ4n) is 6.22. The maximum Gasteiger partial charge on any atom is 0.227 e. The summed E-state index contributed by atoms with van der Waals surface area (Å²) in [6, 6.07) is 7.61. The van der Waals surface area contributed by atoms with Crippen molar-refractivity contribution in [1.82, 2.24) is 14.1 Å². The van der Waals surface area contributed by atoms with Gasteiger partial charge in [-0.25, -0.2) is 12.7 Å². The number of hydrogen-bond donors (Lipinski definition) is 0. The van der Waals surface area contributed by atoms with E-state index in [9.17, 15) is 18.0 Å². The average Bonchev–Trinajstić information content (AvgIpc) is 3.48. The summed E-state index contributed by atoms with van der Waals surface area (Å²) in [5.74, 6) is 0.0985. The molecule has 3 aliphatic rings. The van der Waals surface area contributed by atoms with Gasteiger partial charge in [-0.3, -0.25) is 9.59 Å². The molecule has 200 valence electrons. The highest BCUT2D eigenvalue weighted by atomic mass is 35.5. The normalized spacial score (nSPS) is 29.6. The number of amides is 2. The standard InChI is InChI=1S/C27H40ClN3O4S/c1-18(2)26(32)31(22-11-5-19(3)6-12-22)23-13-14-29(15-23)27(33)25-17-30(36(4,34)35)16-24(25)20-7-9-21(28)10-8-20/h7-10,18-19,22-25H,5-6,11-17H2,1-4H3/t19-,22+,23-,24-,25+/m0/s1. The molecule has 4 rings (SSSR count). The van der Waals surface area contributed by atoms with E-state index in [0.29, 0.717) is 24.0 Å². The zero-order valence-electron chi connectivity index (χ0n) is 21.9. The minimum absolute atomic E-state index is 0.0159. The highest BCUT2D eigenvalue weighted by Crippen LogP contribution is 2.37. The van der Waals surface area contributed by atoms with Crippen molar-refractivity contribution in [3.05, 3.63) is 34.9 Å². The molecule has 3 fully saturated rings. The van der Waals surface area contributed by atoms with Gasteiger partial charge in [0.25, 0.3) is 0 Å². The molecule has 9 heteroatoms. The molecule has 2 aliphatic heterocycles. The first-order valence-electron chi connectivity index (χ1n) is 13.3. The van der Waals surface area contributed by atoms with E-state index in [1.165, 1.54) is 10.6 Å². The Morgan fingerprint density at radius 1 is 0.972 bits per heavy atom. The van der Waals surface area contributed by atoms with Gasteiger partial charge in [-0.1, -0.05) is 44.5 Å². The summed E-state index contributed by atoms with van der Waals surface area (Å²) in [7, 11) is -3.42. The van der Waals surface area contributed by atoms with Crippen molar-refractivity contribution in [2.24, 2.45) is 17.8 Å². The Kier molecular flexibility index (Phi) is 8.37. The molecule has 2 saturated heterocycles. The Labute approximate surface area is 221 Å². The van der Waals surface area contributed by atoms with Gasteiger partial charge in [0.05, 0.1) is 18.2 Å². The van der Waals surface area contributed by atoms with Crippen molar-refractivity contribution in [2.75, 3.05) is 32.4 Å². The number of likely N-dealkylation sites (tertiary alicyclic amines) is 1. The first-order valence-corrected chi connectivity index (χ1v) is 15.5. The van der Waals surface area contributed by atoms with Crippen molar-refractivity contribution in [2.45, 2.75) is 70.9 Å². The van der Waals surface area contributed by atoms with Gasteiger partial charge in [0.1, 0.15) is 0 Å². The zero-order chi connectivity index (χ0) is 26.2. The minimum atomic E-state index is -3.42. The van der Waals surface area contributed by atoms with Crippen LogP contribution in [0.3, 0.4) is 0 Å². The lowest BCUT2D eigenvalue weighted by molar-refractivity contribution is -0.142. The summed E-state index contributed by atoms with van der Waals surface area (Å²) in [5.41, 5.74) is 0.924. The third kappa shape index (κ3) is 5.91. The number of carbonyl (C=O) groups excluding carboxylic acids is 2. The van der Waals surface area contributed by atoms with Crippen molar-refractivity contribution in [3.63, 3.8) is 0 Å². The fraction of sp³-hybridized carbons (Fsp3) is 0.704. The van der Waals surface area contributed by atoms with Gasteiger partial charge < -0.3 is 9.80 Å². The summed E-state index contributed by atoms with van der Waals surface area (Å²) in [5, 5.41) is 0.606. The van der Waals surface area contributed by atoms with Crippen LogP contribution in [0.15, 0.2) is 24.3 Å². The smallest absolute Gasteiger partial charge is 0.227 e. The summed E-state index contributed by atoms with van der Waals surface area (Å²) >= 11 is 6.07. The molecular weight excluding hydrogens is 498 g/mol. The fourth-order valence-corrected chi connectivity index (χ4v) is 7.21. The van der Waals surface area contributed by atoms with Crippen LogP contribution in [-0.4, -0.2) is 78.9 Å². The Bertz CT molecular complexity index is 1050. The monoisotopic (exact) mass is 537 g/mol. The van der Waals surface area contributed by atoms with Crippen LogP contribution in [0.1, 0.15) is 64.4 Å². The van der Waals surface area contributed by atoms with Crippen LogP contribution in [0.25, 0.3) is 0 Å². The van der Waals surface area contributed by atoms with Crippen LogP contribution in [0.5, 0.6) is 0 Å². The molecule has 1 saturated carbocycles. The van der Waals surface area contributed by atoms with E-state index in [1.807, 2.05) is 30.9 Å². The van der Waals surface area contributed by atoms with E-state index in [2.05, 4.69) is 11.8 Å². The molecular formula is C27H40ClN3O4S. The number of sulfonamides is 1. The van der Waals surface area contributed by atoms with E-state index in [0.717, 1.165) is 37.7 Å². The van der Waals surface area contributed by atoms with Crippen molar-refractivity contribution in [1.29, 1.82) is 0 Å². The lowest BCUT2D eigenvalue weighted by Crippen LogP contribution is -2.51. The zero-order valence-corrected chi connectivity index (χ0v) is 23.5. The summed E-state index contributed by atoms with van der Waals surface area (Å²) in [6.07, 6.45) is 6.28. The van der Waals surface area contributed by atoms with Crippen LogP contribution in [0, 0.1) is 17.8 Å². The van der Waals surface area contributed by atoms with Gasteiger partial charge in [-0.05, 0) is 55.7 Å². The Morgan fingerprint density at radius 2 is 1.61 bits per heavy atom. The van der Waals surface area contributed by atoms with Gasteiger partial charge >= 0.3 is 0 Å². The number of hydrogen-bond acceptors (Lipinski definition) is 4. The van der Waals surface area contributed by atoms with Gasteiger partial charge in [0.2, 0.25) is 21.8 Å². The molecule has 2 heterocycles. The molecule has 0 bridgehead atoms. The number of nitrogens with zero attached hydrogens (tertiary/aromatic N) is 3. The van der Waals surface area contributed by atoms with Gasteiger partial charge in [-0.2, -0.15) is 0 Å². The molecule has 0 spiro atoms. The van der Waals surface area contributed by atoms with E-state index >= 15 is 0 Å². The van der Waals surface area contributed by atoms with Gasteiger partial charge in [0.15, 0.2) is 0 Å². The third-order valence-electron chi connectivity index (χ3n) is 8.37. The highest BCUT2D eigenvalue weighted by Gasteiger charge is 2.46. The predicted octanol–water partition coefficient (Wildman–Crippen LogP) is 3.98. The average molecular weight is 538 g/mol. The van der Waals surface area contributed by atoms with E-state index in [1.54, 1.807) is 12.1 Å². The number of benzene rings is 1. The first-order chi connectivity index (χ1) is 17.0. The first kappa shape index (κ1) is 27.4. The van der Waals surface area contributed by atoms with E-state index < -0.39 is 15.9 Å². The largest absolute Gasteiger partial charge is 0.340 e. The van der Waals surface area contributed by atoms with Crippen molar-refractivity contribution >= 4 is 33.4 Å². The quantitative estimate of drug-likeness (QED) is 0.550. The maximum atomic E-state index is 13.8. The molecule has 36 heavy (non-hydrogen) atoms. The van der Waals surface area contributed by atoms with Crippen molar-refractivity contribution in [3.8, 4) is 0 Å². The van der Waals surface area contributed by atoms with Crippen LogP contribution in [0.4, 0.5) is 0 Å². The summed E-state index contributed by atoms with van der Waals surface area (Å²) in [6.45, 7) is 7.76. The van der Waals surface area contributed by atoms with E-state index in [4.69, 9.17) is 11.6 Å². The highest BCUT2D eigenvalue weighted by molar-refractivity contribution is 7.88. The number of halogens is 1. The molecule has 0 radical (unpaired) electrons. The summed E-state index contributed by atoms with van der Waals surface area (Å²) in [4.78, 5) is 31.1. The Morgan fingerprint density at radius 3 is 2.19 bits per heavy atom. The number of rotatable bonds is 6. The summed E-state index contributed by atoms with van der Waals surface area (Å²) < 4.78 is 26.2. The van der Waals surface area contributed by atoms with Crippen molar-refractivity contribution < 1.29 is 18.0 Å². The molecule has 0 unspecified atom stereocenters. The maximum absolute atomic E-state index is 13.8. The Hall–Kier alpha value is -1.64. The minimum Gasteiger partial charge on any atom is -0.340 e. The molecule has 1 aromatic rings. The topological polar surface area (TPSA) is 78.0 Å². The number of carbonyl (C=O) groups is 2. The molecule has 1 aliphatic carbocycles. The Balaban J connectivity index is 1.52. The second-order valence-corrected chi connectivity index (χ2v) is 13.8. The lowest BCUT2D eigenvalue weighted by Gasteiger charge is -2.41. The van der Waals surface area contributed by atoms with Gasteiger partial charge in [0, 0.05) is 49.1 Å².